The van der Waals surface area contributed by atoms with Gasteiger partial charge in [-0.2, -0.15) is 5.26 Å². The van der Waals surface area contributed by atoms with Crippen LogP contribution in [0.15, 0.2) is 46.9 Å². The zero-order chi connectivity index (χ0) is 16.7. The first-order chi connectivity index (χ1) is 11.2. The van der Waals surface area contributed by atoms with Crippen LogP contribution < -0.4 is 9.47 Å². The molecular formula is C19H18BrNO2. The summed E-state index contributed by atoms with van der Waals surface area (Å²) in [5.74, 6) is 1.58. The van der Waals surface area contributed by atoms with Crippen LogP contribution in [0.4, 0.5) is 0 Å². The maximum Gasteiger partial charge on any atom is 0.133 e. The summed E-state index contributed by atoms with van der Waals surface area (Å²) in [5, 5.41) is 9.42. The molecule has 0 aromatic heterocycles. The van der Waals surface area contributed by atoms with Gasteiger partial charge in [-0.1, -0.05) is 13.0 Å². The Balaban J connectivity index is 2.27. The fraction of sp³-hybridized carbons (Fsp3) is 0.211. The Hall–Kier alpha value is -2.25. The van der Waals surface area contributed by atoms with E-state index in [4.69, 9.17) is 9.47 Å². The molecule has 0 fully saturated rings. The Morgan fingerprint density at radius 1 is 1.22 bits per heavy atom. The number of halogens is 1. The SMILES string of the molecule is CCCOc1ccc(/C=C(\C#N)c2ccc(OC)cc2)cc1Br. The van der Waals surface area contributed by atoms with E-state index in [1.165, 1.54) is 0 Å². The third-order valence-electron chi connectivity index (χ3n) is 3.25. The van der Waals surface area contributed by atoms with Gasteiger partial charge in [-0.25, -0.2) is 0 Å². The maximum absolute atomic E-state index is 9.42. The molecule has 0 aliphatic rings. The van der Waals surface area contributed by atoms with Crippen LogP contribution in [0.25, 0.3) is 11.6 Å². The summed E-state index contributed by atoms with van der Waals surface area (Å²) in [4.78, 5) is 0. The topological polar surface area (TPSA) is 42.2 Å². The molecule has 0 heterocycles. The Morgan fingerprint density at radius 2 is 1.96 bits per heavy atom. The molecule has 2 aromatic carbocycles. The number of nitrogens with zero attached hydrogens (tertiary/aromatic N) is 1. The Kier molecular flexibility index (Phi) is 6.25. The van der Waals surface area contributed by atoms with Crippen LogP contribution in [0.1, 0.15) is 24.5 Å². The van der Waals surface area contributed by atoms with Crippen LogP contribution in [0, 0.1) is 11.3 Å². The molecule has 0 saturated heterocycles. The van der Waals surface area contributed by atoms with Gasteiger partial charge in [0, 0.05) is 0 Å². The highest BCUT2D eigenvalue weighted by atomic mass is 79.9. The van der Waals surface area contributed by atoms with Crippen molar-refractivity contribution >= 4 is 27.6 Å². The van der Waals surface area contributed by atoms with Crippen LogP contribution in [0.3, 0.4) is 0 Å². The molecule has 0 saturated carbocycles. The summed E-state index contributed by atoms with van der Waals surface area (Å²) in [7, 11) is 1.62. The minimum absolute atomic E-state index is 0.599. The van der Waals surface area contributed by atoms with E-state index in [-0.39, 0.29) is 0 Å². The van der Waals surface area contributed by atoms with Crippen LogP contribution in [-0.4, -0.2) is 13.7 Å². The Morgan fingerprint density at radius 3 is 2.52 bits per heavy atom. The fourth-order valence-corrected chi connectivity index (χ4v) is 2.56. The van der Waals surface area contributed by atoms with Crippen molar-refractivity contribution in [2.24, 2.45) is 0 Å². The highest BCUT2D eigenvalue weighted by Gasteiger charge is 2.05. The van der Waals surface area contributed by atoms with E-state index in [9.17, 15) is 5.26 Å². The van der Waals surface area contributed by atoms with Gasteiger partial charge >= 0.3 is 0 Å². The molecule has 3 nitrogen and oxygen atoms in total. The van der Waals surface area contributed by atoms with E-state index < -0.39 is 0 Å². The lowest BCUT2D eigenvalue weighted by atomic mass is 10.0. The molecule has 0 unspecified atom stereocenters. The van der Waals surface area contributed by atoms with E-state index in [1.54, 1.807) is 7.11 Å². The van der Waals surface area contributed by atoms with Gasteiger partial charge in [-0.3, -0.25) is 0 Å². The number of rotatable bonds is 6. The van der Waals surface area contributed by atoms with Crippen LogP contribution in [0.2, 0.25) is 0 Å². The summed E-state index contributed by atoms with van der Waals surface area (Å²) >= 11 is 3.51. The quantitative estimate of drug-likeness (QED) is 0.510. The standard InChI is InChI=1S/C19H18BrNO2/c1-3-10-23-19-9-4-14(12-18(19)20)11-16(13-21)15-5-7-17(22-2)8-6-15/h4-9,11-12H,3,10H2,1-2H3/b16-11+. The average Bonchev–Trinajstić information content (AvgIpc) is 2.59. The summed E-state index contributed by atoms with van der Waals surface area (Å²) in [6, 6.07) is 15.5. The lowest BCUT2D eigenvalue weighted by Crippen LogP contribution is -1.95. The van der Waals surface area contributed by atoms with Crippen molar-refractivity contribution in [1.29, 1.82) is 5.26 Å². The van der Waals surface area contributed by atoms with Gasteiger partial charge in [-0.05, 0) is 76.0 Å². The van der Waals surface area contributed by atoms with Gasteiger partial charge in [0.05, 0.1) is 29.8 Å². The van der Waals surface area contributed by atoms with Gasteiger partial charge in [0.15, 0.2) is 0 Å². The fourth-order valence-electron chi connectivity index (χ4n) is 2.05. The Labute approximate surface area is 145 Å². The van der Waals surface area contributed by atoms with E-state index in [0.29, 0.717) is 12.2 Å². The molecule has 23 heavy (non-hydrogen) atoms. The third-order valence-corrected chi connectivity index (χ3v) is 3.87. The summed E-state index contributed by atoms with van der Waals surface area (Å²) in [6.45, 7) is 2.75. The molecule has 118 valence electrons. The number of benzene rings is 2. The van der Waals surface area contributed by atoms with Crippen molar-refractivity contribution in [3.8, 4) is 17.6 Å². The van der Waals surface area contributed by atoms with Gasteiger partial charge in [0.2, 0.25) is 0 Å². The number of ether oxygens (including phenoxy) is 2. The molecule has 0 N–H and O–H groups in total. The third kappa shape index (κ3) is 4.61. The van der Waals surface area contributed by atoms with Gasteiger partial charge in [0.25, 0.3) is 0 Å². The molecule has 0 aliphatic heterocycles. The van der Waals surface area contributed by atoms with Crippen LogP contribution in [0.5, 0.6) is 11.5 Å². The number of allylic oxidation sites excluding steroid dienone is 1. The Bertz CT molecular complexity index is 730. The molecule has 0 spiro atoms. The lowest BCUT2D eigenvalue weighted by Gasteiger charge is -2.08. The summed E-state index contributed by atoms with van der Waals surface area (Å²) in [5.41, 5.74) is 2.39. The normalized spacial score (nSPS) is 11.0. The van der Waals surface area contributed by atoms with Crippen molar-refractivity contribution in [2.45, 2.75) is 13.3 Å². The monoisotopic (exact) mass is 371 g/mol. The second kappa shape index (κ2) is 8.40. The minimum Gasteiger partial charge on any atom is -0.497 e. The highest BCUT2D eigenvalue weighted by molar-refractivity contribution is 9.10. The van der Waals surface area contributed by atoms with E-state index in [1.807, 2.05) is 48.5 Å². The average molecular weight is 372 g/mol. The predicted octanol–water partition coefficient (Wildman–Crippen LogP) is 5.31. The van der Waals surface area contributed by atoms with Crippen molar-refractivity contribution < 1.29 is 9.47 Å². The molecule has 2 aromatic rings. The maximum atomic E-state index is 9.42. The highest BCUT2D eigenvalue weighted by Crippen LogP contribution is 2.28. The van der Waals surface area contributed by atoms with Crippen LogP contribution >= 0.6 is 15.9 Å². The minimum atomic E-state index is 0.599. The van der Waals surface area contributed by atoms with Crippen molar-refractivity contribution in [2.75, 3.05) is 13.7 Å². The predicted molar refractivity (Wildman–Crippen MR) is 96.4 cm³/mol. The second-order valence-electron chi connectivity index (χ2n) is 4.94. The smallest absolute Gasteiger partial charge is 0.133 e. The first kappa shape index (κ1) is 17.1. The molecule has 4 heteroatoms. The molecule has 0 aliphatic carbocycles. The summed E-state index contributed by atoms with van der Waals surface area (Å²) < 4.78 is 11.7. The second-order valence-corrected chi connectivity index (χ2v) is 5.79. The first-order valence-corrected chi connectivity index (χ1v) is 8.15. The van der Waals surface area contributed by atoms with Gasteiger partial charge in [0.1, 0.15) is 11.5 Å². The van der Waals surface area contributed by atoms with Gasteiger partial charge < -0.3 is 9.47 Å². The zero-order valence-electron chi connectivity index (χ0n) is 13.2. The molecule has 2 rings (SSSR count). The van der Waals surface area contributed by atoms with Crippen molar-refractivity contribution in [3.05, 3.63) is 58.1 Å². The largest absolute Gasteiger partial charge is 0.497 e. The number of nitriles is 1. The van der Waals surface area contributed by atoms with Crippen molar-refractivity contribution in [3.63, 3.8) is 0 Å². The number of methoxy groups -OCH3 is 1. The van der Waals surface area contributed by atoms with E-state index in [2.05, 4.69) is 28.9 Å². The number of hydrogen-bond donors (Lipinski definition) is 0. The zero-order valence-corrected chi connectivity index (χ0v) is 14.8. The molecule has 0 radical (unpaired) electrons. The van der Waals surface area contributed by atoms with Gasteiger partial charge in [-0.15, -0.1) is 0 Å². The van der Waals surface area contributed by atoms with E-state index >= 15 is 0 Å². The first-order valence-electron chi connectivity index (χ1n) is 7.36. The lowest BCUT2D eigenvalue weighted by molar-refractivity contribution is 0.315. The van der Waals surface area contributed by atoms with Crippen molar-refractivity contribution in [1.82, 2.24) is 0 Å². The van der Waals surface area contributed by atoms with Crippen LogP contribution in [-0.2, 0) is 0 Å². The molecule has 0 amide bonds. The molecule has 0 bridgehead atoms. The molecule has 0 atom stereocenters. The number of hydrogen-bond acceptors (Lipinski definition) is 3. The summed E-state index contributed by atoms with van der Waals surface area (Å²) in [6.07, 6.45) is 2.82. The molecular weight excluding hydrogens is 354 g/mol. The van der Waals surface area contributed by atoms with E-state index in [0.717, 1.165) is 33.5 Å².